The number of furan rings is 1. The maximum atomic E-state index is 6.63. The lowest BCUT2D eigenvalue weighted by Crippen LogP contribution is -2.28. The molecule has 60 heavy (non-hydrogen) atoms. The van der Waals surface area contributed by atoms with Gasteiger partial charge in [0.1, 0.15) is 11.2 Å². The molecular weight excluding hydrogens is 729 g/mol. The van der Waals surface area contributed by atoms with Crippen LogP contribution in [0.4, 0.5) is 0 Å². The summed E-state index contributed by atoms with van der Waals surface area (Å²) in [6.07, 6.45) is 0. The van der Waals surface area contributed by atoms with Crippen LogP contribution < -0.4 is 0 Å². The Morgan fingerprint density at radius 3 is 1.70 bits per heavy atom. The Morgan fingerprint density at radius 2 is 0.900 bits per heavy atom. The average Bonchev–Trinajstić information content (AvgIpc) is 3.86. The van der Waals surface area contributed by atoms with Crippen LogP contribution in [0.2, 0.25) is 0 Å². The maximum Gasteiger partial charge on any atom is 0.160 e. The summed E-state index contributed by atoms with van der Waals surface area (Å²) in [7, 11) is 0. The largest absolute Gasteiger partial charge is 0.455 e. The van der Waals surface area contributed by atoms with Gasteiger partial charge in [0.2, 0.25) is 0 Å². The van der Waals surface area contributed by atoms with Crippen LogP contribution in [0.1, 0.15) is 22.3 Å². The van der Waals surface area contributed by atoms with Gasteiger partial charge in [0.25, 0.3) is 0 Å². The number of nitrogens with zero attached hydrogens (tertiary/aromatic N) is 2. The molecule has 3 nitrogen and oxygen atoms in total. The van der Waals surface area contributed by atoms with Crippen molar-refractivity contribution >= 4 is 32.7 Å². The molecule has 0 radical (unpaired) electrons. The summed E-state index contributed by atoms with van der Waals surface area (Å²) in [4.78, 5) is 11.0. The van der Waals surface area contributed by atoms with Gasteiger partial charge in [-0.15, -0.1) is 0 Å². The molecule has 1 aliphatic rings. The third-order valence-electron chi connectivity index (χ3n) is 12.4. The van der Waals surface area contributed by atoms with E-state index in [9.17, 15) is 0 Å². The van der Waals surface area contributed by atoms with Crippen molar-refractivity contribution in [2.75, 3.05) is 0 Å². The molecule has 0 bridgehead atoms. The van der Waals surface area contributed by atoms with Crippen LogP contribution in [0.15, 0.2) is 223 Å². The van der Waals surface area contributed by atoms with Crippen LogP contribution in [0, 0.1) is 0 Å². The Balaban J connectivity index is 1.13. The number of hydrogen-bond acceptors (Lipinski definition) is 3. The van der Waals surface area contributed by atoms with Gasteiger partial charge in [0.15, 0.2) is 5.82 Å². The second-order valence-corrected chi connectivity index (χ2v) is 15.6. The van der Waals surface area contributed by atoms with E-state index in [2.05, 4.69) is 206 Å². The topological polar surface area (TPSA) is 38.9 Å². The van der Waals surface area contributed by atoms with Gasteiger partial charge < -0.3 is 4.42 Å². The lowest BCUT2D eigenvalue weighted by molar-refractivity contribution is 0.670. The minimum absolute atomic E-state index is 0.550. The normalized spacial score (nSPS) is 12.8. The number of aromatic nitrogens is 2. The Labute approximate surface area is 347 Å². The van der Waals surface area contributed by atoms with Gasteiger partial charge in [-0.25, -0.2) is 9.97 Å². The smallest absolute Gasteiger partial charge is 0.160 e. The Morgan fingerprint density at radius 1 is 0.350 bits per heavy atom. The monoisotopic (exact) mass is 764 g/mol. The molecule has 0 N–H and O–H groups in total. The van der Waals surface area contributed by atoms with Crippen molar-refractivity contribution in [2.24, 2.45) is 0 Å². The van der Waals surface area contributed by atoms with Crippen molar-refractivity contribution in [1.29, 1.82) is 0 Å². The molecule has 0 saturated heterocycles. The Bertz CT molecular complexity index is 3390. The number of rotatable bonds is 6. The third kappa shape index (κ3) is 5.16. The van der Waals surface area contributed by atoms with E-state index in [0.717, 1.165) is 61.1 Å². The highest BCUT2D eigenvalue weighted by atomic mass is 16.3. The van der Waals surface area contributed by atoms with Crippen molar-refractivity contribution in [2.45, 2.75) is 5.41 Å². The molecule has 0 amide bonds. The summed E-state index contributed by atoms with van der Waals surface area (Å²) < 4.78 is 6.63. The highest BCUT2D eigenvalue weighted by Crippen LogP contribution is 2.56. The quantitative estimate of drug-likeness (QED) is 0.169. The van der Waals surface area contributed by atoms with Gasteiger partial charge in [0, 0.05) is 27.5 Å². The van der Waals surface area contributed by atoms with Gasteiger partial charge >= 0.3 is 0 Å². The first-order valence-electron chi connectivity index (χ1n) is 20.5. The molecule has 12 rings (SSSR count). The summed E-state index contributed by atoms with van der Waals surface area (Å²) in [5.41, 5.74) is 15.3. The lowest BCUT2D eigenvalue weighted by Gasteiger charge is -2.34. The maximum absolute atomic E-state index is 6.63. The van der Waals surface area contributed by atoms with E-state index in [1.165, 1.54) is 44.2 Å². The first kappa shape index (κ1) is 34.2. The van der Waals surface area contributed by atoms with E-state index >= 15 is 0 Å². The van der Waals surface area contributed by atoms with Crippen LogP contribution in [-0.2, 0) is 5.41 Å². The summed E-state index contributed by atoms with van der Waals surface area (Å²) >= 11 is 0. The van der Waals surface area contributed by atoms with Crippen LogP contribution in [0.5, 0.6) is 0 Å². The number of hydrogen-bond donors (Lipinski definition) is 0. The fourth-order valence-corrected chi connectivity index (χ4v) is 9.79. The minimum Gasteiger partial charge on any atom is -0.455 e. The average molecular weight is 765 g/mol. The minimum atomic E-state index is -0.550. The van der Waals surface area contributed by atoms with E-state index in [1.54, 1.807) is 0 Å². The van der Waals surface area contributed by atoms with E-state index < -0.39 is 5.41 Å². The van der Waals surface area contributed by atoms with Crippen LogP contribution >= 0.6 is 0 Å². The summed E-state index contributed by atoms with van der Waals surface area (Å²) in [6, 6.07) is 78.0. The van der Waals surface area contributed by atoms with Gasteiger partial charge in [-0.05, 0) is 79.5 Å². The van der Waals surface area contributed by atoms with E-state index in [0.29, 0.717) is 5.82 Å². The van der Waals surface area contributed by atoms with Crippen LogP contribution in [0.25, 0.3) is 88.9 Å². The van der Waals surface area contributed by atoms with Crippen LogP contribution in [-0.4, -0.2) is 9.97 Å². The number of fused-ring (bicyclic) bond motifs is 7. The highest BCUT2D eigenvalue weighted by molar-refractivity contribution is 6.09. The second-order valence-electron chi connectivity index (χ2n) is 15.6. The second kappa shape index (κ2) is 13.6. The SMILES string of the molecule is c1ccc(C2(c3ccccc3)c3ccccc3-c3ccc(-c4nc(-c5ccccc5-c5cccc6ccccc56)cc(-c5cccc6c5oc5ccccc56)n4)cc32)cc1. The molecule has 2 aromatic heterocycles. The number of para-hydroxylation sites is 2. The van der Waals surface area contributed by atoms with Crippen LogP contribution in [0.3, 0.4) is 0 Å². The predicted molar refractivity (Wildman–Crippen MR) is 246 cm³/mol. The highest BCUT2D eigenvalue weighted by Gasteiger charge is 2.46. The Hall–Kier alpha value is -7.88. The van der Waals surface area contributed by atoms with Gasteiger partial charge in [0.05, 0.1) is 16.8 Å². The first-order valence-corrected chi connectivity index (χ1v) is 20.5. The van der Waals surface area contributed by atoms with Gasteiger partial charge in [-0.3, -0.25) is 0 Å². The molecule has 11 aromatic rings. The van der Waals surface area contributed by atoms with Crippen molar-refractivity contribution in [3.8, 4) is 56.2 Å². The summed E-state index contributed by atoms with van der Waals surface area (Å²) in [5, 5.41) is 4.54. The molecule has 0 spiro atoms. The predicted octanol–water partition coefficient (Wildman–Crippen LogP) is 14.6. The standard InChI is InChI=1S/C57H36N2O/c1-3-19-39(20-4-1)57(40-21-5-2-6-22-40)50-31-13-11-25-44(50)45-34-33-38(35-51(45)57)56-58-52(46-26-10-9-24-43(46)42-28-15-18-37-17-7-8-23-41(37)42)36-53(59-56)49-30-16-29-48-47-27-12-14-32-54(47)60-55(48)49/h1-36H. The molecule has 2 heterocycles. The summed E-state index contributed by atoms with van der Waals surface area (Å²) in [6.45, 7) is 0. The third-order valence-corrected chi connectivity index (χ3v) is 12.4. The molecule has 0 fully saturated rings. The van der Waals surface area contributed by atoms with Gasteiger partial charge in [-0.2, -0.15) is 0 Å². The van der Waals surface area contributed by atoms with E-state index in [-0.39, 0.29) is 0 Å². The van der Waals surface area contributed by atoms with E-state index in [4.69, 9.17) is 14.4 Å². The van der Waals surface area contributed by atoms with Crippen molar-refractivity contribution in [3.63, 3.8) is 0 Å². The van der Waals surface area contributed by atoms with Gasteiger partial charge in [-0.1, -0.05) is 194 Å². The number of benzene rings is 9. The molecule has 0 aliphatic heterocycles. The van der Waals surface area contributed by atoms with Crippen molar-refractivity contribution in [3.05, 3.63) is 241 Å². The molecule has 1 aliphatic carbocycles. The molecule has 0 unspecified atom stereocenters. The zero-order chi connectivity index (χ0) is 39.6. The van der Waals surface area contributed by atoms with Crippen molar-refractivity contribution in [1.82, 2.24) is 9.97 Å². The first-order chi connectivity index (χ1) is 29.8. The summed E-state index contributed by atoms with van der Waals surface area (Å²) in [5.74, 6) is 0.650. The molecular formula is C57H36N2O. The fraction of sp³-hybridized carbons (Fsp3) is 0.0175. The Kier molecular flexibility index (Phi) is 7.76. The zero-order valence-electron chi connectivity index (χ0n) is 32.6. The lowest BCUT2D eigenvalue weighted by atomic mass is 9.67. The molecule has 280 valence electrons. The van der Waals surface area contributed by atoms with E-state index in [1.807, 2.05) is 12.1 Å². The fourth-order valence-electron chi connectivity index (χ4n) is 9.79. The molecule has 0 saturated carbocycles. The van der Waals surface area contributed by atoms with Crippen molar-refractivity contribution < 1.29 is 4.42 Å². The zero-order valence-corrected chi connectivity index (χ0v) is 32.6. The molecule has 3 heteroatoms. The molecule has 0 atom stereocenters. The molecule has 9 aromatic carbocycles.